The smallest absolute Gasteiger partial charge is 0.157 e. The van der Waals surface area contributed by atoms with E-state index in [0.717, 1.165) is 17.0 Å². The molecule has 0 aliphatic heterocycles. The van der Waals surface area contributed by atoms with Crippen molar-refractivity contribution in [1.82, 2.24) is 0 Å². The summed E-state index contributed by atoms with van der Waals surface area (Å²) in [5.74, 6) is 1.01. The summed E-state index contributed by atoms with van der Waals surface area (Å²) in [4.78, 5) is 11.5. The third-order valence-electron chi connectivity index (χ3n) is 3.78. The Morgan fingerprint density at radius 1 is 0.950 bits per heavy atom. The molecule has 0 heterocycles. The Hall–Kier alpha value is -1.57. The number of benzene rings is 1. The van der Waals surface area contributed by atoms with Crippen LogP contribution in [-0.4, -0.2) is 5.78 Å². The molecule has 2 heteroatoms. The molecule has 1 rings (SSSR count). The van der Waals surface area contributed by atoms with Gasteiger partial charge in [-0.25, -0.2) is 0 Å². The highest BCUT2D eigenvalue weighted by Crippen LogP contribution is 2.33. The fourth-order valence-electron chi connectivity index (χ4n) is 2.24. The van der Waals surface area contributed by atoms with E-state index in [2.05, 4.69) is 51.2 Å². The first-order valence-electron chi connectivity index (χ1n) is 7.33. The molecule has 1 aromatic rings. The zero-order valence-corrected chi connectivity index (χ0v) is 13.8. The fraction of sp³-hybridized carbons (Fsp3) is 0.500. The van der Waals surface area contributed by atoms with Crippen LogP contribution in [-0.2, 0) is 4.79 Å². The van der Waals surface area contributed by atoms with Crippen molar-refractivity contribution in [2.75, 3.05) is 5.32 Å². The number of nitrogens with one attached hydrogen (secondary N) is 1. The van der Waals surface area contributed by atoms with Gasteiger partial charge in [0.1, 0.15) is 0 Å². The van der Waals surface area contributed by atoms with Crippen molar-refractivity contribution in [3.05, 3.63) is 40.6 Å². The summed E-state index contributed by atoms with van der Waals surface area (Å²) >= 11 is 0. The normalized spacial score (nSPS) is 12.7. The maximum atomic E-state index is 11.5. The molecule has 0 fully saturated rings. The highest BCUT2D eigenvalue weighted by atomic mass is 16.1. The van der Waals surface area contributed by atoms with Crippen molar-refractivity contribution in [1.29, 1.82) is 0 Å². The van der Waals surface area contributed by atoms with Crippen molar-refractivity contribution in [2.24, 2.45) is 0 Å². The van der Waals surface area contributed by atoms with Gasteiger partial charge >= 0.3 is 0 Å². The number of rotatable bonds is 5. The maximum absolute atomic E-state index is 11.5. The molecule has 0 unspecified atom stereocenters. The molecule has 0 saturated carbocycles. The van der Waals surface area contributed by atoms with E-state index >= 15 is 0 Å². The summed E-state index contributed by atoms with van der Waals surface area (Å²) in [7, 11) is 0. The van der Waals surface area contributed by atoms with Crippen LogP contribution in [0.3, 0.4) is 0 Å². The maximum Gasteiger partial charge on any atom is 0.157 e. The number of Topliss-reactive ketones (excluding diaryl/α,β-unsaturated/α-hetero) is 1. The predicted octanol–water partition coefficient (Wildman–Crippen LogP) is 5.23. The number of carbonyl (C=O) groups is 1. The lowest BCUT2D eigenvalue weighted by atomic mass is 9.92. The van der Waals surface area contributed by atoms with E-state index in [4.69, 9.17) is 0 Å². The van der Waals surface area contributed by atoms with Gasteiger partial charge in [-0.1, -0.05) is 45.9 Å². The average molecular weight is 273 g/mol. The summed E-state index contributed by atoms with van der Waals surface area (Å²) in [6.07, 6.45) is 0. The number of hydrogen-bond acceptors (Lipinski definition) is 2. The van der Waals surface area contributed by atoms with Gasteiger partial charge in [-0.15, -0.1) is 0 Å². The number of allylic oxidation sites excluding steroid dienone is 2. The topological polar surface area (TPSA) is 29.1 Å². The van der Waals surface area contributed by atoms with Crippen LogP contribution in [0.15, 0.2) is 29.5 Å². The van der Waals surface area contributed by atoms with Gasteiger partial charge in [0.2, 0.25) is 0 Å². The number of anilines is 1. The van der Waals surface area contributed by atoms with Crippen molar-refractivity contribution >= 4 is 11.5 Å². The Bertz CT molecular complexity index is 498. The zero-order chi connectivity index (χ0) is 15.4. The summed E-state index contributed by atoms with van der Waals surface area (Å²) in [5, 5.41) is 3.48. The van der Waals surface area contributed by atoms with Crippen LogP contribution >= 0.6 is 0 Å². The molecule has 0 aromatic heterocycles. The largest absolute Gasteiger partial charge is 0.358 e. The lowest BCUT2D eigenvalue weighted by Crippen LogP contribution is -2.09. The van der Waals surface area contributed by atoms with Crippen molar-refractivity contribution in [3.8, 4) is 0 Å². The first-order chi connectivity index (χ1) is 9.25. The van der Waals surface area contributed by atoms with Gasteiger partial charge in [-0.2, -0.15) is 0 Å². The van der Waals surface area contributed by atoms with E-state index in [0.29, 0.717) is 11.8 Å². The quantitative estimate of drug-likeness (QED) is 0.744. The molecule has 1 aromatic carbocycles. The van der Waals surface area contributed by atoms with E-state index in [9.17, 15) is 4.79 Å². The highest BCUT2D eigenvalue weighted by molar-refractivity contribution is 5.93. The molecule has 20 heavy (non-hydrogen) atoms. The predicted molar refractivity (Wildman–Crippen MR) is 87.3 cm³/mol. The number of ketones is 1. The minimum absolute atomic E-state index is 0.114. The lowest BCUT2D eigenvalue weighted by Gasteiger charge is -2.22. The van der Waals surface area contributed by atoms with Crippen LogP contribution in [0.25, 0.3) is 0 Å². The van der Waals surface area contributed by atoms with Gasteiger partial charge in [0.15, 0.2) is 5.78 Å². The number of para-hydroxylation sites is 1. The number of hydrogen-bond donors (Lipinski definition) is 1. The molecule has 0 amide bonds. The monoisotopic (exact) mass is 273 g/mol. The Kier molecular flexibility index (Phi) is 5.55. The molecule has 0 aliphatic rings. The Balaban J connectivity index is 3.35. The second-order valence-corrected chi connectivity index (χ2v) is 6.05. The molecule has 0 saturated heterocycles. The second kappa shape index (κ2) is 6.74. The van der Waals surface area contributed by atoms with E-state index in [1.807, 2.05) is 13.8 Å². The molecule has 0 spiro atoms. The van der Waals surface area contributed by atoms with Crippen LogP contribution in [0.4, 0.5) is 5.69 Å². The van der Waals surface area contributed by atoms with Crippen LogP contribution in [0.5, 0.6) is 0 Å². The van der Waals surface area contributed by atoms with Crippen LogP contribution < -0.4 is 5.32 Å². The second-order valence-electron chi connectivity index (χ2n) is 6.05. The average Bonchev–Trinajstić information content (AvgIpc) is 2.37. The van der Waals surface area contributed by atoms with Crippen LogP contribution in [0, 0.1) is 0 Å². The summed E-state index contributed by atoms with van der Waals surface area (Å²) < 4.78 is 0. The van der Waals surface area contributed by atoms with Crippen LogP contribution in [0.1, 0.15) is 71.4 Å². The van der Waals surface area contributed by atoms with Gasteiger partial charge in [0, 0.05) is 17.0 Å². The van der Waals surface area contributed by atoms with Crippen LogP contribution in [0.2, 0.25) is 0 Å². The van der Waals surface area contributed by atoms with E-state index in [1.54, 1.807) is 6.92 Å². The molecule has 1 N–H and O–H groups in total. The fourth-order valence-corrected chi connectivity index (χ4v) is 2.24. The van der Waals surface area contributed by atoms with Crippen molar-refractivity contribution < 1.29 is 4.79 Å². The van der Waals surface area contributed by atoms with Gasteiger partial charge in [0.25, 0.3) is 0 Å². The number of carbonyl (C=O) groups excluding carboxylic acids is 1. The van der Waals surface area contributed by atoms with Gasteiger partial charge in [0.05, 0.1) is 0 Å². The third-order valence-corrected chi connectivity index (χ3v) is 3.78. The molecule has 0 radical (unpaired) electrons. The standard InChI is InChI=1S/C18H27NO/c1-11(2)16-9-8-10-17(12(3)4)18(16)19-14(6)13(5)15(7)20/h8-12,19H,1-7H3/b14-13-. The van der Waals surface area contributed by atoms with Gasteiger partial charge in [-0.05, 0) is 43.7 Å². The molecule has 0 aliphatic carbocycles. The molecule has 0 bridgehead atoms. The van der Waals surface area contributed by atoms with E-state index < -0.39 is 0 Å². The minimum Gasteiger partial charge on any atom is -0.358 e. The van der Waals surface area contributed by atoms with E-state index in [1.165, 1.54) is 11.1 Å². The van der Waals surface area contributed by atoms with E-state index in [-0.39, 0.29) is 5.78 Å². The van der Waals surface area contributed by atoms with Gasteiger partial charge < -0.3 is 5.32 Å². The molecular formula is C18H27NO. The summed E-state index contributed by atoms with van der Waals surface area (Å²) in [6, 6.07) is 6.44. The van der Waals surface area contributed by atoms with Crippen molar-refractivity contribution in [2.45, 2.75) is 60.3 Å². The Morgan fingerprint density at radius 3 is 1.75 bits per heavy atom. The highest BCUT2D eigenvalue weighted by Gasteiger charge is 2.14. The minimum atomic E-state index is 0.114. The first kappa shape index (κ1) is 16.5. The zero-order valence-electron chi connectivity index (χ0n) is 13.8. The lowest BCUT2D eigenvalue weighted by molar-refractivity contribution is -0.113. The SMILES string of the molecule is CC(=O)/C(C)=C(/C)Nc1c(C(C)C)cccc1C(C)C. The first-order valence-corrected chi connectivity index (χ1v) is 7.33. The van der Waals surface area contributed by atoms with Gasteiger partial charge in [-0.3, -0.25) is 4.79 Å². The Labute approximate surface area is 123 Å². The van der Waals surface area contributed by atoms with Crippen molar-refractivity contribution in [3.63, 3.8) is 0 Å². The molecule has 2 nitrogen and oxygen atoms in total. The molecule has 110 valence electrons. The summed E-state index contributed by atoms with van der Waals surface area (Å²) in [6.45, 7) is 14.2. The third kappa shape index (κ3) is 3.72. The molecular weight excluding hydrogens is 246 g/mol. The summed E-state index contributed by atoms with van der Waals surface area (Å²) in [5.41, 5.74) is 5.49. The molecule has 0 atom stereocenters. The Morgan fingerprint density at radius 2 is 1.40 bits per heavy atom.